The van der Waals surface area contributed by atoms with Crippen LogP contribution < -0.4 is 9.47 Å². The van der Waals surface area contributed by atoms with Crippen LogP contribution in [-0.4, -0.2) is 36.2 Å². The molecule has 8 heteroatoms. The van der Waals surface area contributed by atoms with Crippen LogP contribution in [0.3, 0.4) is 0 Å². The second kappa shape index (κ2) is 8.01. The summed E-state index contributed by atoms with van der Waals surface area (Å²) in [5.41, 5.74) is -0.591. The van der Waals surface area contributed by atoms with E-state index in [0.29, 0.717) is 4.47 Å². The monoisotopic (exact) mass is 424 g/mol. The molecule has 26 heavy (non-hydrogen) atoms. The Labute approximate surface area is 156 Å². The molecular formula is C18H14BrFO6. The lowest BCUT2D eigenvalue weighted by atomic mass is 10.0. The molecule has 0 radical (unpaired) electrons. The van der Waals surface area contributed by atoms with E-state index in [0.717, 1.165) is 12.1 Å². The van der Waals surface area contributed by atoms with Gasteiger partial charge in [-0.1, -0.05) is 15.9 Å². The van der Waals surface area contributed by atoms with Gasteiger partial charge in [0.05, 0.1) is 19.8 Å². The predicted molar refractivity (Wildman–Crippen MR) is 95.6 cm³/mol. The third-order valence-electron chi connectivity index (χ3n) is 3.49. The van der Waals surface area contributed by atoms with Gasteiger partial charge in [0.2, 0.25) is 0 Å². The average molecular weight is 425 g/mol. The van der Waals surface area contributed by atoms with Crippen LogP contribution in [-0.2, 0) is 0 Å². The molecule has 0 aliphatic heterocycles. The summed E-state index contributed by atoms with van der Waals surface area (Å²) in [6.07, 6.45) is 2.22. The maximum absolute atomic E-state index is 14.1. The number of carbonyl (C=O) groups is 2. The van der Waals surface area contributed by atoms with E-state index >= 15 is 0 Å². The fourth-order valence-electron chi connectivity index (χ4n) is 2.20. The molecule has 0 aromatic heterocycles. The first-order valence-corrected chi connectivity index (χ1v) is 7.97. The zero-order valence-electron chi connectivity index (χ0n) is 13.7. The number of benzene rings is 2. The van der Waals surface area contributed by atoms with Crippen molar-refractivity contribution in [3.05, 3.63) is 57.3 Å². The molecule has 0 spiro atoms. The molecule has 2 rings (SSSR count). The van der Waals surface area contributed by atoms with Crippen LogP contribution in [0.25, 0.3) is 6.08 Å². The molecule has 0 saturated carbocycles. The summed E-state index contributed by atoms with van der Waals surface area (Å²) < 4.78 is 24.5. The number of phenols is 1. The van der Waals surface area contributed by atoms with Crippen LogP contribution >= 0.6 is 15.9 Å². The second-order valence-corrected chi connectivity index (χ2v) is 6.00. The van der Waals surface area contributed by atoms with Gasteiger partial charge >= 0.3 is 5.97 Å². The highest BCUT2D eigenvalue weighted by molar-refractivity contribution is 9.10. The summed E-state index contributed by atoms with van der Waals surface area (Å²) in [6, 6.07) is 4.91. The minimum absolute atomic E-state index is 0.0592. The Morgan fingerprint density at radius 1 is 1.08 bits per heavy atom. The minimum Gasteiger partial charge on any atom is -0.506 e. The van der Waals surface area contributed by atoms with Crippen molar-refractivity contribution in [3.63, 3.8) is 0 Å². The fourth-order valence-corrected chi connectivity index (χ4v) is 2.66. The second-order valence-electron chi connectivity index (χ2n) is 5.08. The maximum atomic E-state index is 14.1. The molecule has 0 atom stereocenters. The quantitative estimate of drug-likeness (QED) is 0.539. The van der Waals surface area contributed by atoms with E-state index in [2.05, 4.69) is 15.9 Å². The first kappa shape index (κ1) is 19.5. The Morgan fingerprint density at radius 2 is 1.65 bits per heavy atom. The SMILES string of the molecule is COc1cc(F)c(/C=C/C(=O)c2cc(Br)cc(C(=O)O)c2O)cc1OC. The molecule has 0 aliphatic rings. The molecule has 0 aliphatic carbocycles. The number of ketones is 1. The van der Waals surface area contributed by atoms with Crippen molar-refractivity contribution in [2.45, 2.75) is 0 Å². The summed E-state index contributed by atoms with van der Waals surface area (Å²) in [5.74, 6) is -2.91. The minimum atomic E-state index is -1.38. The molecule has 0 heterocycles. The summed E-state index contributed by atoms with van der Waals surface area (Å²) in [6.45, 7) is 0. The highest BCUT2D eigenvalue weighted by Gasteiger charge is 2.18. The number of hydrogen-bond donors (Lipinski definition) is 2. The van der Waals surface area contributed by atoms with Gasteiger partial charge < -0.3 is 19.7 Å². The average Bonchev–Trinajstić information content (AvgIpc) is 2.61. The third-order valence-corrected chi connectivity index (χ3v) is 3.95. The van der Waals surface area contributed by atoms with E-state index in [1.165, 1.54) is 38.5 Å². The molecule has 6 nitrogen and oxygen atoms in total. The Morgan fingerprint density at radius 3 is 2.23 bits per heavy atom. The number of ether oxygens (including phenoxy) is 2. The molecule has 136 valence electrons. The number of halogens is 2. The molecule has 2 aromatic carbocycles. The number of aromatic hydroxyl groups is 1. The number of carboxylic acid groups (broad SMARTS) is 1. The Kier molecular flexibility index (Phi) is 5.99. The van der Waals surface area contributed by atoms with Gasteiger partial charge in [0.25, 0.3) is 0 Å². The lowest BCUT2D eigenvalue weighted by Crippen LogP contribution is -2.03. The number of hydrogen-bond acceptors (Lipinski definition) is 5. The number of methoxy groups -OCH3 is 2. The van der Waals surface area contributed by atoms with Crippen molar-refractivity contribution >= 4 is 33.8 Å². The molecule has 0 unspecified atom stereocenters. The number of carboxylic acids is 1. The van der Waals surface area contributed by atoms with Gasteiger partial charge in [-0.25, -0.2) is 9.18 Å². The molecule has 2 N–H and O–H groups in total. The first-order chi connectivity index (χ1) is 12.3. The molecule has 0 amide bonds. The Bertz CT molecular complexity index is 907. The van der Waals surface area contributed by atoms with Gasteiger partial charge in [-0.05, 0) is 30.4 Å². The van der Waals surface area contributed by atoms with Crippen molar-refractivity contribution in [3.8, 4) is 17.2 Å². The summed E-state index contributed by atoms with van der Waals surface area (Å²) >= 11 is 3.08. The normalized spacial score (nSPS) is 10.8. The van der Waals surface area contributed by atoms with Gasteiger partial charge in [-0.15, -0.1) is 0 Å². The lowest BCUT2D eigenvalue weighted by molar-refractivity contribution is 0.0693. The van der Waals surface area contributed by atoms with Gasteiger partial charge in [0.1, 0.15) is 17.1 Å². The highest BCUT2D eigenvalue weighted by Crippen LogP contribution is 2.31. The largest absolute Gasteiger partial charge is 0.506 e. The number of allylic oxidation sites excluding steroid dienone is 1. The molecule has 0 fully saturated rings. The third kappa shape index (κ3) is 4.02. The zero-order valence-corrected chi connectivity index (χ0v) is 15.3. The van der Waals surface area contributed by atoms with E-state index in [-0.39, 0.29) is 22.6 Å². The fraction of sp³-hybridized carbons (Fsp3) is 0.111. The van der Waals surface area contributed by atoms with Crippen molar-refractivity contribution in [1.82, 2.24) is 0 Å². The van der Waals surface area contributed by atoms with Crippen LogP contribution in [0.15, 0.2) is 34.8 Å². The lowest BCUT2D eigenvalue weighted by Gasteiger charge is -2.09. The van der Waals surface area contributed by atoms with Crippen LogP contribution in [0.1, 0.15) is 26.3 Å². The number of carbonyl (C=O) groups excluding carboxylic acids is 1. The van der Waals surface area contributed by atoms with Crippen LogP contribution in [0.2, 0.25) is 0 Å². The maximum Gasteiger partial charge on any atom is 0.339 e. The van der Waals surface area contributed by atoms with Gasteiger partial charge in [-0.2, -0.15) is 0 Å². The predicted octanol–water partition coefficient (Wildman–Crippen LogP) is 3.91. The van der Waals surface area contributed by atoms with Crippen molar-refractivity contribution < 1.29 is 33.7 Å². The molecule has 0 saturated heterocycles. The summed E-state index contributed by atoms with van der Waals surface area (Å²) in [4.78, 5) is 23.4. The van der Waals surface area contributed by atoms with E-state index < -0.39 is 28.9 Å². The standard InChI is InChI=1S/C18H14BrFO6/c1-25-15-5-9(13(20)8-16(15)26-2)3-4-14(21)11-6-10(19)7-12(17(11)22)18(23)24/h3-8,22H,1-2H3,(H,23,24)/b4-3+. The first-order valence-electron chi connectivity index (χ1n) is 7.18. The van der Waals surface area contributed by atoms with E-state index in [1.807, 2.05) is 0 Å². The van der Waals surface area contributed by atoms with Crippen LogP contribution in [0.4, 0.5) is 4.39 Å². The van der Waals surface area contributed by atoms with Crippen molar-refractivity contribution in [2.24, 2.45) is 0 Å². The van der Waals surface area contributed by atoms with Gasteiger partial charge in [0.15, 0.2) is 17.3 Å². The Hall–Kier alpha value is -2.87. The Balaban J connectivity index is 2.41. The van der Waals surface area contributed by atoms with Gasteiger partial charge in [0, 0.05) is 16.1 Å². The summed E-state index contributed by atoms with van der Waals surface area (Å²) in [7, 11) is 2.76. The number of rotatable bonds is 6. The molecular weight excluding hydrogens is 411 g/mol. The topological polar surface area (TPSA) is 93.1 Å². The van der Waals surface area contributed by atoms with E-state index in [4.69, 9.17) is 14.6 Å². The van der Waals surface area contributed by atoms with Crippen molar-refractivity contribution in [1.29, 1.82) is 0 Å². The summed E-state index contributed by atoms with van der Waals surface area (Å²) in [5, 5.41) is 19.1. The van der Waals surface area contributed by atoms with E-state index in [9.17, 15) is 19.1 Å². The smallest absolute Gasteiger partial charge is 0.339 e. The number of aromatic carboxylic acids is 1. The van der Waals surface area contributed by atoms with Gasteiger partial charge in [-0.3, -0.25) is 4.79 Å². The molecule has 2 aromatic rings. The van der Waals surface area contributed by atoms with Crippen LogP contribution in [0.5, 0.6) is 17.2 Å². The highest BCUT2D eigenvalue weighted by atomic mass is 79.9. The zero-order chi connectivity index (χ0) is 19.4. The van der Waals surface area contributed by atoms with Crippen molar-refractivity contribution in [2.75, 3.05) is 14.2 Å². The molecule has 0 bridgehead atoms. The van der Waals surface area contributed by atoms with E-state index in [1.54, 1.807) is 0 Å². The van der Waals surface area contributed by atoms with Crippen LogP contribution in [0, 0.1) is 5.82 Å².